The van der Waals surface area contributed by atoms with Crippen molar-refractivity contribution in [3.8, 4) is 5.75 Å². The first-order chi connectivity index (χ1) is 11.6. The highest BCUT2D eigenvalue weighted by atomic mass is 79.9. The number of carbonyl (C=O) groups is 1. The van der Waals surface area contributed by atoms with Crippen LogP contribution in [-0.4, -0.2) is 12.5 Å². The fourth-order valence-electron chi connectivity index (χ4n) is 2.27. The van der Waals surface area contributed by atoms with Gasteiger partial charge in [-0.25, -0.2) is 0 Å². The summed E-state index contributed by atoms with van der Waals surface area (Å²) in [6.07, 6.45) is 4.50. The standard InChI is InChI=1S/C19H21BrClNO2/c1-2-3-4-7-12-24-18-11-10-14(20)13-15(18)19(23)22-17-9-6-5-8-16(17)21/h5-6,8-11,13H,2-4,7,12H2,1H3,(H,22,23). The van der Waals surface area contributed by atoms with Crippen molar-refractivity contribution in [3.63, 3.8) is 0 Å². The number of para-hydroxylation sites is 1. The van der Waals surface area contributed by atoms with Gasteiger partial charge in [0.15, 0.2) is 0 Å². The number of halogens is 2. The zero-order valence-corrected chi connectivity index (χ0v) is 16.0. The number of benzene rings is 2. The third kappa shape index (κ3) is 5.53. The van der Waals surface area contributed by atoms with Crippen molar-refractivity contribution in [2.45, 2.75) is 32.6 Å². The molecule has 0 heterocycles. The van der Waals surface area contributed by atoms with Gasteiger partial charge in [-0.1, -0.05) is 65.8 Å². The van der Waals surface area contributed by atoms with E-state index in [4.69, 9.17) is 16.3 Å². The molecule has 2 rings (SSSR count). The van der Waals surface area contributed by atoms with E-state index in [1.807, 2.05) is 24.3 Å². The first-order valence-electron chi connectivity index (χ1n) is 8.10. The number of ether oxygens (including phenoxy) is 1. The van der Waals surface area contributed by atoms with Crippen LogP contribution in [0.1, 0.15) is 43.0 Å². The van der Waals surface area contributed by atoms with Gasteiger partial charge in [-0.05, 0) is 36.8 Å². The summed E-state index contributed by atoms with van der Waals surface area (Å²) >= 11 is 9.51. The third-order valence-corrected chi connectivity index (χ3v) is 4.39. The van der Waals surface area contributed by atoms with Crippen molar-refractivity contribution in [2.75, 3.05) is 11.9 Å². The van der Waals surface area contributed by atoms with E-state index in [2.05, 4.69) is 28.2 Å². The number of nitrogens with one attached hydrogen (secondary N) is 1. The Morgan fingerprint density at radius 1 is 1.17 bits per heavy atom. The highest BCUT2D eigenvalue weighted by molar-refractivity contribution is 9.10. The zero-order chi connectivity index (χ0) is 17.4. The SMILES string of the molecule is CCCCCCOc1ccc(Br)cc1C(=O)Nc1ccccc1Cl. The first kappa shape index (κ1) is 18.8. The minimum Gasteiger partial charge on any atom is -0.493 e. The van der Waals surface area contributed by atoms with Gasteiger partial charge in [0.1, 0.15) is 5.75 Å². The van der Waals surface area contributed by atoms with Gasteiger partial charge >= 0.3 is 0 Å². The van der Waals surface area contributed by atoms with E-state index in [9.17, 15) is 4.79 Å². The molecule has 2 aromatic carbocycles. The van der Waals surface area contributed by atoms with Crippen molar-refractivity contribution in [1.82, 2.24) is 0 Å². The van der Waals surface area contributed by atoms with Crippen molar-refractivity contribution in [3.05, 3.63) is 57.5 Å². The lowest BCUT2D eigenvalue weighted by atomic mass is 10.1. The molecule has 1 amide bonds. The summed E-state index contributed by atoms with van der Waals surface area (Å²) in [5.74, 6) is 0.340. The molecule has 0 bridgehead atoms. The lowest BCUT2D eigenvalue weighted by molar-refractivity contribution is 0.102. The van der Waals surface area contributed by atoms with Gasteiger partial charge in [0.25, 0.3) is 5.91 Å². The molecule has 3 nitrogen and oxygen atoms in total. The molecular weight excluding hydrogens is 390 g/mol. The average Bonchev–Trinajstić information content (AvgIpc) is 2.58. The summed E-state index contributed by atoms with van der Waals surface area (Å²) in [5.41, 5.74) is 1.07. The molecule has 0 radical (unpaired) electrons. The maximum Gasteiger partial charge on any atom is 0.259 e. The molecule has 0 saturated heterocycles. The minimum absolute atomic E-state index is 0.243. The Morgan fingerprint density at radius 3 is 2.71 bits per heavy atom. The van der Waals surface area contributed by atoms with Crippen LogP contribution in [0.3, 0.4) is 0 Å². The summed E-state index contributed by atoms with van der Waals surface area (Å²) in [6.45, 7) is 2.78. The van der Waals surface area contributed by atoms with E-state index in [0.29, 0.717) is 28.6 Å². The maximum absolute atomic E-state index is 12.6. The fraction of sp³-hybridized carbons (Fsp3) is 0.316. The molecule has 0 unspecified atom stereocenters. The number of anilines is 1. The molecular formula is C19H21BrClNO2. The van der Waals surface area contributed by atoms with E-state index >= 15 is 0 Å². The largest absolute Gasteiger partial charge is 0.493 e. The van der Waals surface area contributed by atoms with E-state index in [1.54, 1.807) is 18.2 Å². The van der Waals surface area contributed by atoms with E-state index in [0.717, 1.165) is 17.3 Å². The lowest BCUT2D eigenvalue weighted by Crippen LogP contribution is -2.14. The quantitative estimate of drug-likeness (QED) is 0.517. The molecule has 1 N–H and O–H groups in total. The van der Waals surface area contributed by atoms with Crippen molar-refractivity contribution < 1.29 is 9.53 Å². The molecule has 0 aromatic heterocycles. The van der Waals surface area contributed by atoms with Gasteiger partial charge in [0.2, 0.25) is 0 Å². The Morgan fingerprint density at radius 2 is 1.96 bits per heavy atom. The molecule has 0 spiro atoms. The molecule has 0 aliphatic rings. The van der Waals surface area contributed by atoms with Crippen molar-refractivity contribution >= 4 is 39.1 Å². The summed E-state index contributed by atoms with van der Waals surface area (Å²) in [6, 6.07) is 12.6. The van der Waals surface area contributed by atoms with Crippen molar-refractivity contribution in [2.24, 2.45) is 0 Å². The lowest BCUT2D eigenvalue weighted by Gasteiger charge is -2.13. The summed E-state index contributed by atoms with van der Waals surface area (Å²) in [5, 5.41) is 3.34. The van der Waals surface area contributed by atoms with Crippen LogP contribution >= 0.6 is 27.5 Å². The van der Waals surface area contributed by atoms with Gasteiger partial charge in [-0.15, -0.1) is 0 Å². The molecule has 0 aliphatic carbocycles. The van der Waals surface area contributed by atoms with Gasteiger partial charge in [-0.2, -0.15) is 0 Å². The highest BCUT2D eigenvalue weighted by Gasteiger charge is 2.14. The van der Waals surface area contributed by atoms with E-state index < -0.39 is 0 Å². The predicted molar refractivity (Wildman–Crippen MR) is 103 cm³/mol. The second kappa shape index (κ2) is 9.70. The van der Waals surface area contributed by atoms with Crippen LogP contribution in [0.15, 0.2) is 46.9 Å². The molecule has 5 heteroatoms. The Labute approximate surface area is 156 Å². The second-order valence-corrected chi connectivity index (χ2v) is 6.81. The Hall–Kier alpha value is -1.52. The zero-order valence-electron chi connectivity index (χ0n) is 13.6. The molecule has 0 aliphatic heterocycles. The molecule has 0 saturated carbocycles. The summed E-state index contributed by atoms with van der Waals surface area (Å²) in [7, 11) is 0. The summed E-state index contributed by atoms with van der Waals surface area (Å²) in [4.78, 5) is 12.6. The average molecular weight is 411 g/mol. The molecule has 2 aromatic rings. The Balaban J connectivity index is 2.08. The third-order valence-electron chi connectivity index (χ3n) is 3.56. The number of amides is 1. The second-order valence-electron chi connectivity index (χ2n) is 5.48. The van der Waals surface area contributed by atoms with Crippen LogP contribution < -0.4 is 10.1 Å². The Bertz CT molecular complexity index is 691. The van der Waals surface area contributed by atoms with Crippen LogP contribution in [-0.2, 0) is 0 Å². The fourth-order valence-corrected chi connectivity index (χ4v) is 2.81. The van der Waals surface area contributed by atoms with Gasteiger partial charge in [0.05, 0.1) is 22.9 Å². The van der Waals surface area contributed by atoms with Crippen LogP contribution in [0.25, 0.3) is 0 Å². The summed E-state index contributed by atoms with van der Waals surface area (Å²) < 4.78 is 6.64. The van der Waals surface area contributed by atoms with Crippen LogP contribution in [0, 0.1) is 0 Å². The number of hydrogen-bond acceptors (Lipinski definition) is 2. The number of rotatable bonds is 8. The van der Waals surface area contributed by atoms with E-state index in [1.165, 1.54) is 12.8 Å². The monoisotopic (exact) mass is 409 g/mol. The maximum atomic E-state index is 12.6. The number of carbonyl (C=O) groups excluding carboxylic acids is 1. The minimum atomic E-state index is -0.243. The van der Waals surface area contributed by atoms with Crippen LogP contribution in [0.2, 0.25) is 5.02 Å². The van der Waals surface area contributed by atoms with Crippen molar-refractivity contribution in [1.29, 1.82) is 0 Å². The smallest absolute Gasteiger partial charge is 0.259 e. The van der Waals surface area contributed by atoms with Gasteiger partial charge in [0, 0.05) is 4.47 Å². The van der Waals surface area contributed by atoms with Crippen LogP contribution in [0.4, 0.5) is 5.69 Å². The Kier molecular flexibility index (Phi) is 7.60. The molecule has 0 fully saturated rings. The van der Waals surface area contributed by atoms with E-state index in [-0.39, 0.29) is 5.91 Å². The topological polar surface area (TPSA) is 38.3 Å². The first-order valence-corrected chi connectivity index (χ1v) is 9.27. The molecule has 0 atom stereocenters. The van der Waals surface area contributed by atoms with Gasteiger partial charge in [-0.3, -0.25) is 4.79 Å². The number of unbranched alkanes of at least 4 members (excludes halogenated alkanes) is 3. The van der Waals surface area contributed by atoms with Gasteiger partial charge < -0.3 is 10.1 Å². The van der Waals surface area contributed by atoms with Crippen LogP contribution in [0.5, 0.6) is 5.75 Å². The highest BCUT2D eigenvalue weighted by Crippen LogP contribution is 2.26. The molecule has 128 valence electrons. The number of hydrogen-bond donors (Lipinski definition) is 1. The predicted octanol–water partition coefficient (Wildman–Crippen LogP) is 6.31. The molecule has 24 heavy (non-hydrogen) atoms. The normalized spacial score (nSPS) is 10.5.